The lowest BCUT2D eigenvalue weighted by atomic mass is 10.2. The highest BCUT2D eigenvalue weighted by Crippen LogP contribution is 2.36. The van der Waals surface area contributed by atoms with Crippen LogP contribution in [-0.4, -0.2) is 16.1 Å². The first kappa shape index (κ1) is 17.2. The minimum Gasteiger partial charge on any atom is -0.268 e. The molecule has 27 heavy (non-hydrogen) atoms. The number of aliphatic imine (C=N–C) groups is 1. The normalized spacial score (nSPS) is 17.1. The molecule has 1 aromatic heterocycles. The van der Waals surface area contributed by atoms with Crippen molar-refractivity contribution in [3.05, 3.63) is 95.0 Å². The molecule has 1 aliphatic rings. The number of hydrogen-bond donors (Lipinski definition) is 0. The molecule has 4 rings (SSSR count). The number of benzene rings is 2. The van der Waals surface area contributed by atoms with Crippen LogP contribution in [0.15, 0.2) is 88.8 Å². The first-order valence-electron chi connectivity index (χ1n) is 8.57. The van der Waals surface area contributed by atoms with E-state index in [9.17, 15) is 4.79 Å². The van der Waals surface area contributed by atoms with Crippen LogP contribution in [0.4, 0.5) is 11.5 Å². The molecular formula is C22H17N3OS. The zero-order valence-electron chi connectivity index (χ0n) is 14.7. The summed E-state index contributed by atoms with van der Waals surface area (Å²) < 4.78 is 0. The number of carbonyl (C=O) groups excluding carboxylic acids is 1. The number of anilines is 1. The third-order valence-electron chi connectivity index (χ3n) is 4.00. The molecule has 4 nitrogen and oxygen atoms in total. The molecule has 2 aromatic carbocycles. The third-order valence-corrected chi connectivity index (χ3v) is 4.97. The first-order valence-corrected chi connectivity index (χ1v) is 9.39. The molecule has 1 fully saturated rings. The summed E-state index contributed by atoms with van der Waals surface area (Å²) in [6, 6.07) is 25.1. The Balaban J connectivity index is 1.78. The van der Waals surface area contributed by atoms with E-state index in [4.69, 9.17) is 0 Å². The van der Waals surface area contributed by atoms with E-state index >= 15 is 0 Å². The van der Waals surface area contributed by atoms with E-state index in [1.54, 1.807) is 4.90 Å². The first-order chi connectivity index (χ1) is 13.2. The van der Waals surface area contributed by atoms with Crippen molar-refractivity contribution < 1.29 is 4.79 Å². The van der Waals surface area contributed by atoms with Crippen molar-refractivity contribution in [2.75, 3.05) is 4.90 Å². The summed E-state index contributed by atoms with van der Waals surface area (Å²) in [6.07, 6.45) is 1.90. The molecule has 0 spiro atoms. The van der Waals surface area contributed by atoms with Crippen LogP contribution in [0.25, 0.3) is 6.08 Å². The zero-order valence-corrected chi connectivity index (χ0v) is 15.6. The number of thioether (sulfide) groups is 1. The van der Waals surface area contributed by atoms with E-state index in [1.807, 2.05) is 91.9 Å². The molecule has 0 aliphatic carbocycles. The second kappa shape index (κ2) is 7.60. The number of aryl methyl sites for hydroxylation is 1. The molecule has 0 saturated carbocycles. The van der Waals surface area contributed by atoms with E-state index in [2.05, 4.69) is 9.98 Å². The lowest BCUT2D eigenvalue weighted by Gasteiger charge is -2.15. The summed E-state index contributed by atoms with van der Waals surface area (Å²) in [5.74, 6) is 0.508. The maximum Gasteiger partial charge on any atom is 0.271 e. The fourth-order valence-electron chi connectivity index (χ4n) is 2.74. The molecule has 0 radical (unpaired) electrons. The van der Waals surface area contributed by atoms with Gasteiger partial charge in [0.25, 0.3) is 5.91 Å². The van der Waals surface area contributed by atoms with Crippen LogP contribution in [0.3, 0.4) is 0 Å². The number of para-hydroxylation sites is 1. The molecule has 3 aromatic rings. The Hall–Kier alpha value is -3.18. The Morgan fingerprint density at radius 3 is 2.33 bits per heavy atom. The number of hydrogen-bond acceptors (Lipinski definition) is 4. The van der Waals surface area contributed by atoms with Crippen molar-refractivity contribution in [3.63, 3.8) is 0 Å². The minimum absolute atomic E-state index is 0.0820. The standard InChI is InChI=1S/C22H17N3OS/c1-16-9-8-14-20(23-16)24-22-25(18-12-6-3-7-13-18)21(26)19(27-22)15-17-10-4-2-5-11-17/h2-15H,1H3/b19-15-,24-22+. The monoisotopic (exact) mass is 371 g/mol. The molecule has 1 aliphatic heterocycles. The van der Waals surface area contributed by atoms with E-state index in [1.165, 1.54) is 11.8 Å². The number of carbonyl (C=O) groups is 1. The van der Waals surface area contributed by atoms with Gasteiger partial charge in [-0.25, -0.2) is 9.98 Å². The largest absolute Gasteiger partial charge is 0.271 e. The Bertz CT molecular complexity index is 1030. The fraction of sp³-hybridized carbons (Fsp3) is 0.0455. The van der Waals surface area contributed by atoms with E-state index in [0.29, 0.717) is 15.9 Å². The summed E-state index contributed by atoms with van der Waals surface area (Å²) in [7, 11) is 0. The van der Waals surface area contributed by atoms with Gasteiger partial charge in [0, 0.05) is 5.69 Å². The number of amidine groups is 1. The van der Waals surface area contributed by atoms with Gasteiger partial charge in [-0.3, -0.25) is 9.69 Å². The molecule has 0 unspecified atom stereocenters. The van der Waals surface area contributed by atoms with E-state index in [-0.39, 0.29) is 5.91 Å². The average Bonchev–Trinajstić information content (AvgIpc) is 2.98. The molecule has 0 atom stereocenters. The summed E-state index contributed by atoms with van der Waals surface area (Å²) in [6.45, 7) is 1.92. The number of amides is 1. The topological polar surface area (TPSA) is 45.6 Å². The molecule has 0 N–H and O–H groups in total. The predicted octanol–water partition coefficient (Wildman–Crippen LogP) is 5.20. The number of aromatic nitrogens is 1. The van der Waals surface area contributed by atoms with Gasteiger partial charge in [-0.2, -0.15) is 0 Å². The Kier molecular flexibility index (Phi) is 4.85. The van der Waals surface area contributed by atoms with E-state index < -0.39 is 0 Å². The highest BCUT2D eigenvalue weighted by atomic mass is 32.2. The van der Waals surface area contributed by atoms with Gasteiger partial charge in [-0.15, -0.1) is 0 Å². The smallest absolute Gasteiger partial charge is 0.268 e. The van der Waals surface area contributed by atoms with Crippen LogP contribution >= 0.6 is 11.8 Å². The molecule has 1 amide bonds. The summed E-state index contributed by atoms with van der Waals surface area (Å²) in [5, 5.41) is 0.603. The van der Waals surface area contributed by atoms with Gasteiger partial charge in [0.15, 0.2) is 11.0 Å². The quantitative estimate of drug-likeness (QED) is 0.595. The van der Waals surface area contributed by atoms with Gasteiger partial charge >= 0.3 is 0 Å². The summed E-state index contributed by atoms with van der Waals surface area (Å²) >= 11 is 1.36. The highest BCUT2D eigenvalue weighted by molar-refractivity contribution is 8.19. The Labute approximate surface area is 162 Å². The van der Waals surface area contributed by atoms with Gasteiger partial charge in [0.05, 0.1) is 10.6 Å². The van der Waals surface area contributed by atoms with Crippen LogP contribution in [0, 0.1) is 6.92 Å². The fourth-order valence-corrected chi connectivity index (χ4v) is 3.73. The molecule has 0 bridgehead atoms. The highest BCUT2D eigenvalue weighted by Gasteiger charge is 2.34. The van der Waals surface area contributed by atoms with Crippen molar-refractivity contribution in [1.82, 2.24) is 4.98 Å². The second-order valence-corrected chi connectivity index (χ2v) is 7.04. The number of rotatable bonds is 3. The summed E-state index contributed by atoms with van der Waals surface area (Å²) in [5.41, 5.74) is 2.66. The minimum atomic E-state index is -0.0820. The Morgan fingerprint density at radius 1 is 0.926 bits per heavy atom. The van der Waals surface area contributed by atoms with Gasteiger partial charge in [-0.1, -0.05) is 54.6 Å². The second-order valence-electron chi connectivity index (χ2n) is 6.03. The van der Waals surface area contributed by atoms with Gasteiger partial charge in [0.2, 0.25) is 0 Å². The Morgan fingerprint density at radius 2 is 1.63 bits per heavy atom. The lowest BCUT2D eigenvalue weighted by Crippen LogP contribution is -2.28. The molecule has 2 heterocycles. The SMILES string of the molecule is Cc1cccc(/N=C2/S/C(=C\c3ccccc3)C(=O)N2c2ccccc2)n1. The predicted molar refractivity (Wildman–Crippen MR) is 112 cm³/mol. The summed E-state index contributed by atoms with van der Waals surface area (Å²) in [4.78, 5) is 24.5. The van der Waals surface area contributed by atoms with Crippen molar-refractivity contribution in [3.8, 4) is 0 Å². The van der Waals surface area contributed by atoms with Crippen molar-refractivity contribution in [1.29, 1.82) is 0 Å². The van der Waals surface area contributed by atoms with Gasteiger partial charge in [-0.05, 0) is 54.6 Å². The van der Waals surface area contributed by atoms with Crippen LogP contribution in [0.1, 0.15) is 11.3 Å². The number of nitrogens with zero attached hydrogens (tertiary/aromatic N) is 3. The van der Waals surface area contributed by atoms with Gasteiger partial charge in [0.1, 0.15) is 0 Å². The zero-order chi connectivity index (χ0) is 18.6. The maximum atomic E-state index is 13.1. The molecular weight excluding hydrogens is 354 g/mol. The molecule has 132 valence electrons. The van der Waals surface area contributed by atoms with Crippen LogP contribution in [0.2, 0.25) is 0 Å². The van der Waals surface area contributed by atoms with Crippen molar-refractivity contribution in [2.45, 2.75) is 6.92 Å². The van der Waals surface area contributed by atoms with Crippen LogP contribution in [-0.2, 0) is 4.79 Å². The van der Waals surface area contributed by atoms with Gasteiger partial charge < -0.3 is 0 Å². The third kappa shape index (κ3) is 3.83. The lowest BCUT2D eigenvalue weighted by molar-refractivity contribution is -0.113. The maximum absolute atomic E-state index is 13.1. The van der Waals surface area contributed by atoms with Crippen molar-refractivity contribution >= 4 is 40.4 Å². The van der Waals surface area contributed by atoms with Crippen molar-refractivity contribution in [2.24, 2.45) is 4.99 Å². The van der Waals surface area contributed by atoms with Crippen LogP contribution < -0.4 is 4.90 Å². The molecule has 5 heteroatoms. The van der Waals surface area contributed by atoms with E-state index in [0.717, 1.165) is 16.9 Å². The van der Waals surface area contributed by atoms with Crippen LogP contribution in [0.5, 0.6) is 0 Å². The number of pyridine rings is 1. The molecule has 1 saturated heterocycles. The average molecular weight is 371 g/mol.